The number of hydrogen-bond acceptors (Lipinski definition) is 2. The maximum atomic E-state index is 4.96. The van der Waals surface area contributed by atoms with E-state index in [4.69, 9.17) is 12.2 Å². The molecule has 0 amide bonds. The molecule has 1 rings (SSSR count). The molecule has 1 aromatic rings. The van der Waals surface area contributed by atoms with Crippen LogP contribution in [0.15, 0.2) is 6.58 Å². The number of hydrogen-bond donors (Lipinski definition) is 1. The number of allylic oxidation sites excluding steroid dienone is 1. The quantitative estimate of drug-likeness (QED) is 0.642. The molecule has 0 aromatic carbocycles. The fourth-order valence-corrected chi connectivity index (χ4v) is 1.98. The minimum Gasteiger partial charge on any atom is -0.341 e. The third kappa shape index (κ3) is 1.36. The van der Waals surface area contributed by atoms with E-state index < -0.39 is 0 Å². The zero-order chi connectivity index (χ0) is 7.72. The molecular formula is C7H9NS2. The van der Waals surface area contributed by atoms with Crippen LogP contribution in [0.25, 0.3) is 5.57 Å². The summed E-state index contributed by atoms with van der Waals surface area (Å²) in [6.07, 6.45) is 0. The van der Waals surface area contributed by atoms with Gasteiger partial charge < -0.3 is 4.98 Å². The van der Waals surface area contributed by atoms with Crippen LogP contribution in [0.2, 0.25) is 0 Å². The summed E-state index contributed by atoms with van der Waals surface area (Å²) in [4.78, 5) is 4.25. The van der Waals surface area contributed by atoms with Crippen LogP contribution >= 0.6 is 23.6 Å². The summed E-state index contributed by atoms with van der Waals surface area (Å²) >= 11 is 6.54. The molecule has 1 aromatic heterocycles. The molecule has 1 heterocycles. The minimum absolute atomic E-state index is 0.829. The van der Waals surface area contributed by atoms with Crippen molar-refractivity contribution in [1.29, 1.82) is 0 Å². The highest BCUT2D eigenvalue weighted by molar-refractivity contribution is 7.73. The largest absolute Gasteiger partial charge is 0.341 e. The highest BCUT2D eigenvalue weighted by Crippen LogP contribution is 2.21. The van der Waals surface area contributed by atoms with Gasteiger partial charge in [0.25, 0.3) is 0 Å². The normalized spacial score (nSPS) is 9.80. The SMILES string of the molecule is C=C(C)c1sc(=S)[nH]c1C. The third-order valence-electron chi connectivity index (χ3n) is 1.21. The molecule has 3 heteroatoms. The molecule has 0 saturated carbocycles. The summed E-state index contributed by atoms with van der Waals surface area (Å²) in [6.45, 7) is 7.84. The number of H-pyrrole nitrogens is 1. The summed E-state index contributed by atoms with van der Waals surface area (Å²) in [6, 6.07) is 0. The molecule has 0 fully saturated rings. The number of aromatic amines is 1. The zero-order valence-corrected chi connectivity index (χ0v) is 7.66. The molecule has 0 aliphatic heterocycles. The van der Waals surface area contributed by atoms with Gasteiger partial charge in [0.1, 0.15) is 0 Å². The van der Waals surface area contributed by atoms with Gasteiger partial charge in [0.05, 0.1) is 4.88 Å². The fraction of sp³-hybridized carbons (Fsp3) is 0.286. The van der Waals surface area contributed by atoms with Gasteiger partial charge in [-0.15, -0.1) is 11.3 Å². The summed E-state index contributed by atoms with van der Waals surface area (Å²) in [5, 5.41) is 0. The summed E-state index contributed by atoms with van der Waals surface area (Å²) in [5.74, 6) is 0. The van der Waals surface area contributed by atoms with Crippen molar-refractivity contribution in [1.82, 2.24) is 4.98 Å². The molecule has 0 spiro atoms. The van der Waals surface area contributed by atoms with Crippen LogP contribution in [0.5, 0.6) is 0 Å². The van der Waals surface area contributed by atoms with Crippen LogP contribution in [0.3, 0.4) is 0 Å². The molecule has 0 unspecified atom stereocenters. The first kappa shape index (κ1) is 7.69. The predicted molar refractivity (Wildman–Crippen MR) is 48.9 cm³/mol. The lowest BCUT2D eigenvalue weighted by atomic mass is 10.2. The lowest BCUT2D eigenvalue weighted by Crippen LogP contribution is -1.75. The topological polar surface area (TPSA) is 15.8 Å². The number of thiazole rings is 1. The van der Waals surface area contributed by atoms with E-state index in [1.54, 1.807) is 11.3 Å². The molecule has 0 radical (unpaired) electrons. The first-order valence-electron chi connectivity index (χ1n) is 2.97. The lowest BCUT2D eigenvalue weighted by Gasteiger charge is -1.92. The Hall–Kier alpha value is -0.410. The average molecular weight is 171 g/mol. The zero-order valence-electron chi connectivity index (χ0n) is 6.02. The van der Waals surface area contributed by atoms with Crippen molar-refractivity contribution in [2.45, 2.75) is 13.8 Å². The summed E-state index contributed by atoms with van der Waals surface area (Å²) in [5.41, 5.74) is 2.21. The Morgan fingerprint density at radius 3 is 2.50 bits per heavy atom. The van der Waals surface area contributed by atoms with E-state index in [9.17, 15) is 0 Å². The van der Waals surface area contributed by atoms with Gasteiger partial charge in [-0.2, -0.15) is 0 Å². The molecule has 1 nitrogen and oxygen atoms in total. The van der Waals surface area contributed by atoms with E-state index in [0.29, 0.717) is 0 Å². The number of rotatable bonds is 1. The first-order chi connectivity index (χ1) is 4.61. The molecule has 54 valence electrons. The predicted octanol–water partition coefficient (Wildman–Crippen LogP) is 3.15. The van der Waals surface area contributed by atoms with Crippen molar-refractivity contribution in [2.75, 3.05) is 0 Å². The fourth-order valence-electron chi connectivity index (χ4n) is 0.812. The van der Waals surface area contributed by atoms with Crippen molar-refractivity contribution in [3.8, 4) is 0 Å². The van der Waals surface area contributed by atoms with E-state index in [2.05, 4.69) is 11.6 Å². The molecule has 0 atom stereocenters. The molecule has 0 aliphatic carbocycles. The van der Waals surface area contributed by atoms with Crippen LogP contribution < -0.4 is 0 Å². The van der Waals surface area contributed by atoms with Crippen molar-refractivity contribution < 1.29 is 0 Å². The van der Waals surface area contributed by atoms with E-state index >= 15 is 0 Å². The van der Waals surface area contributed by atoms with E-state index in [1.807, 2.05) is 13.8 Å². The molecule has 0 saturated heterocycles. The summed E-state index contributed by atoms with van der Waals surface area (Å²) < 4.78 is 0.829. The van der Waals surface area contributed by atoms with Crippen LogP contribution in [0.1, 0.15) is 17.5 Å². The molecular weight excluding hydrogens is 162 g/mol. The molecule has 10 heavy (non-hydrogen) atoms. The number of nitrogens with one attached hydrogen (secondary N) is 1. The molecule has 0 aliphatic rings. The van der Waals surface area contributed by atoms with Crippen molar-refractivity contribution >= 4 is 29.1 Å². The summed E-state index contributed by atoms with van der Waals surface area (Å²) in [7, 11) is 0. The highest BCUT2D eigenvalue weighted by atomic mass is 32.1. The highest BCUT2D eigenvalue weighted by Gasteiger charge is 2.00. The Bertz CT molecular complexity index is 306. The van der Waals surface area contributed by atoms with Crippen molar-refractivity contribution in [3.63, 3.8) is 0 Å². The second-order valence-corrected chi connectivity index (χ2v) is 3.94. The second-order valence-electron chi connectivity index (χ2n) is 2.25. The van der Waals surface area contributed by atoms with Gasteiger partial charge in [-0.05, 0) is 31.6 Å². The Kier molecular flexibility index (Phi) is 2.06. The van der Waals surface area contributed by atoms with Gasteiger partial charge >= 0.3 is 0 Å². The van der Waals surface area contributed by atoms with Crippen molar-refractivity contribution in [3.05, 3.63) is 21.1 Å². The average Bonchev–Trinajstić information content (AvgIpc) is 2.10. The molecule has 0 bridgehead atoms. The number of aromatic nitrogens is 1. The Balaban J connectivity index is 3.28. The van der Waals surface area contributed by atoms with E-state index in [0.717, 1.165) is 15.2 Å². The Morgan fingerprint density at radius 2 is 2.30 bits per heavy atom. The van der Waals surface area contributed by atoms with Crippen LogP contribution in [0.4, 0.5) is 0 Å². The van der Waals surface area contributed by atoms with Crippen LogP contribution in [-0.4, -0.2) is 4.98 Å². The maximum Gasteiger partial charge on any atom is 0.159 e. The van der Waals surface area contributed by atoms with E-state index in [-0.39, 0.29) is 0 Å². The van der Waals surface area contributed by atoms with Gasteiger partial charge in [-0.25, -0.2) is 0 Å². The monoisotopic (exact) mass is 171 g/mol. The van der Waals surface area contributed by atoms with Gasteiger partial charge in [0, 0.05) is 5.69 Å². The Morgan fingerprint density at radius 1 is 1.70 bits per heavy atom. The van der Waals surface area contributed by atoms with Crippen molar-refractivity contribution in [2.24, 2.45) is 0 Å². The second kappa shape index (κ2) is 2.68. The van der Waals surface area contributed by atoms with Crippen LogP contribution in [-0.2, 0) is 0 Å². The lowest BCUT2D eigenvalue weighted by molar-refractivity contribution is 1.24. The Labute approximate surface area is 69.4 Å². The number of aryl methyl sites for hydroxylation is 1. The third-order valence-corrected chi connectivity index (χ3v) is 2.71. The first-order valence-corrected chi connectivity index (χ1v) is 4.19. The van der Waals surface area contributed by atoms with Crippen LogP contribution in [0, 0.1) is 10.9 Å². The maximum absolute atomic E-state index is 4.96. The standard InChI is InChI=1S/C7H9NS2/c1-4(2)6-5(3)8-7(9)10-6/h1H2,2-3H3,(H,8,9). The van der Waals surface area contributed by atoms with Gasteiger partial charge in [0.15, 0.2) is 3.95 Å². The van der Waals surface area contributed by atoms with E-state index in [1.165, 1.54) is 4.88 Å². The van der Waals surface area contributed by atoms with Gasteiger partial charge in [-0.3, -0.25) is 0 Å². The van der Waals surface area contributed by atoms with Gasteiger partial charge in [-0.1, -0.05) is 6.58 Å². The minimum atomic E-state index is 0.829. The smallest absolute Gasteiger partial charge is 0.159 e. The van der Waals surface area contributed by atoms with Gasteiger partial charge in [0.2, 0.25) is 0 Å². The molecule has 1 N–H and O–H groups in total.